The van der Waals surface area contributed by atoms with E-state index in [9.17, 15) is 0 Å². The van der Waals surface area contributed by atoms with Crippen molar-refractivity contribution < 1.29 is 4.74 Å². The van der Waals surface area contributed by atoms with Crippen molar-refractivity contribution >= 4 is 0 Å². The minimum absolute atomic E-state index is 0.130. The molecule has 0 atom stereocenters. The van der Waals surface area contributed by atoms with E-state index in [0.717, 1.165) is 43.4 Å². The molecule has 1 aliphatic heterocycles. The van der Waals surface area contributed by atoms with Crippen molar-refractivity contribution in [2.75, 3.05) is 19.8 Å². The number of aryl methyl sites for hydroxylation is 1. The van der Waals surface area contributed by atoms with Gasteiger partial charge in [-0.3, -0.25) is 4.57 Å². The Hall–Kier alpha value is -1.72. The molecule has 2 aromatic rings. The summed E-state index contributed by atoms with van der Waals surface area (Å²) in [5, 5.41) is 8.71. The molecule has 1 aromatic heterocycles. The molecule has 0 saturated carbocycles. The molecule has 1 aliphatic rings. The maximum absolute atomic E-state index is 6.09. The van der Waals surface area contributed by atoms with E-state index >= 15 is 0 Å². The zero-order chi connectivity index (χ0) is 14.0. The molecule has 5 heteroatoms. The lowest BCUT2D eigenvalue weighted by Crippen LogP contribution is -2.42. The summed E-state index contributed by atoms with van der Waals surface area (Å²) in [6.07, 6.45) is 1.79. The molecule has 3 rings (SSSR count). The standard InChI is InChI=1S/C15H20N4O/c1-12-17-18-14(15(11-16)7-9-20-10-8-15)19(12)13-5-3-2-4-6-13/h2-6H,7-11,16H2,1H3. The number of hydrogen-bond acceptors (Lipinski definition) is 4. The van der Waals surface area contributed by atoms with Crippen LogP contribution in [-0.4, -0.2) is 34.5 Å². The molecular weight excluding hydrogens is 252 g/mol. The Bertz CT molecular complexity index is 573. The van der Waals surface area contributed by atoms with Crippen molar-refractivity contribution in [1.82, 2.24) is 14.8 Å². The predicted octanol–water partition coefficient (Wildman–Crippen LogP) is 1.58. The average molecular weight is 272 g/mol. The van der Waals surface area contributed by atoms with Crippen LogP contribution in [0.4, 0.5) is 0 Å². The number of aromatic nitrogens is 3. The van der Waals surface area contributed by atoms with E-state index in [2.05, 4.69) is 26.9 Å². The molecule has 5 nitrogen and oxygen atoms in total. The molecular formula is C15H20N4O. The third kappa shape index (κ3) is 2.13. The maximum Gasteiger partial charge on any atom is 0.145 e. The SMILES string of the molecule is Cc1nnc(C2(CN)CCOCC2)n1-c1ccccc1. The van der Waals surface area contributed by atoms with E-state index in [0.29, 0.717) is 6.54 Å². The van der Waals surface area contributed by atoms with Gasteiger partial charge in [-0.15, -0.1) is 10.2 Å². The largest absolute Gasteiger partial charge is 0.381 e. The van der Waals surface area contributed by atoms with Gasteiger partial charge in [0.1, 0.15) is 11.6 Å². The molecule has 0 radical (unpaired) electrons. The maximum atomic E-state index is 6.09. The van der Waals surface area contributed by atoms with Gasteiger partial charge in [0.05, 0.1) is 0 Å². The Kier molecular flexibility index (Phi) is 3.54. The summed E-state index contributed by atoms with van der Waals surface area (Å²) in [5.41, 5.74) is 7.05. The van der Waals surface area contributed by atoms with Crippen LogP contribution in [0.1, 0.15) is 24.5 Å². The summed E-state index contributed by atoms with van der Waals surface area (Å²) in [4.78, 5) is 0. The van der Waals surface area contributed by atoms with Gasteiger partial charge in [-0.2, -0.15) is 0 Å². The Balaban J connectivity index is 2.10. The highest BCUT2D eigenvalue weighted by Crippen LogP contribution is 2.34. The van der Waals surface area contributed by atoms with Crippen LogP contribution < -0.4 is 5.73 Å². The fraction of sp³-hybridized carbons (Fsp3) is 0.467. The number of nitrogens with zero attached hydrogens (tertiary/aromatic N) is 3. The lowest BCUT2D eigenvalue weighted by molar-refractivity contribution is 0.0493. The van der Waals surface area contributed by atoms with Crippen LogP contribution >= 0.6 is 0 Å². The normalized spacial score (nSPS) is 18.1. The monoisotopic (exact) mass is 272 g/mol. The third-order valence-corrected chi connectivity index (χ3v) is 4.15. The number of benzene rings is 1. The molecule has 0 unspecified atom stereocenters. The van der Waals surface area contributed by atoms with Crippen LogP contribution in [-0.2, 0) is 10.2 Å². The molecule has 0 amide bonds. The van der Waals surface area contributed by atoms with Gasteiger partial charge in [-0.25, -0.2) is 0 Å². The second-order valence-corrected chi connectivity index (χ2v) is 5.34. The summed E-state index contributed by atoms with van der Waals surface area (Å²) < 4.78 is 7.61. The molecule has 1 saturated heterocycles. The second kappa shape index (κ2) is 5.34. The molecule has 106 valence electrons. The minimum atomic E-state index is -0.130. The molecule has 0 bridgehead atoms. The fourth-order valence-corrected chi connectivity index (χ4v) is 2.87. The lowest BCUT2D eigenvalue weighted by Gasteiger charge is -2.35. The first-order valence-electron chi connectivity index (χ1n) is 7.02. The van der Waals surface area contributed by atoms with Crippen LogP contribution in [0.5, 0.6) is 0 Å². The summed E-state index contributed by atoms with van der Waals surface area (Å²) in [6.45, 7) is 4.02. The highest BCUT2D eigenvalue weighted by atomic mass is 16.5. The predicted molar refractivity (Wildman–Crippen MR) is 76.9 cm³/mol. The van der Waals surface area contributed by atoms with Crippen LogP contribution in [0.25, 0.3) is 5.69 Å². The first-order chi connectivity index (χ1) is 9.77. The fourth-order valence-electron chi connectivity index (χ4n) is 2.87. The lowest BCUT2D eigenvalue weighted by atomic mass is 9.79. The summed E-state index contributed by atoms with van der Waals surface area (Å²) in [5.74, 6) is 1.86. The van der Waals surface area contributed by atoms with Crippen molar-refractivity contribution in [3.05, 3.63) is 42.0 Å². The van der Waals surface area contributed by atoms with E-state index in [1.165, 1.54) is 0 Å². The number of para-hydroxylation sites is 1. The number of rotatable bonds is 3. The Morgan fingerprint density at radius 3 is 2.55 bits per heavy atom. The molecule has 1 fully saturated rings. The van der Waals surface area contributed by atoms with E-state index in [4.69, 9.17) is 10.5 Å². The summed E-state index contributed by atoms with van der Waals surface area (Å²) in [6, 6.07) is 10.2. The molecule has 2 heterocycles. The van der Waals surface area contributed by atoms with Gasteiger partial charge in [0, 0.05) is 30.9 Å². The first-order valence-corrected chi connectivity index (χ1v) is 7.02. The van der Waals surface area contributed by atoms with Gasteiger partial charge in [0.2, 0.25) is 0 Å². The smallest absolute Gasteiger partial charge is 0.145 e. The van der Waals surface area contributed by atoms with Crippen molar-refractivity contribution in [3.8, 4) is 5.69 Å². The quantitative estimate of drug-likeness (QED) is 0.921. The first kappa shape index (κ1) is 13.3. The molecule has 1 aromatic carbocycles. The van der Waals surface area contributed by atoms with E-state index in [1.54, 1.807) is 0 Å². The number of hydrogen-bond donors (Lipinski definition) is 1. The van der Waals surface area contributed by atoms with Crippen molar-refractivity contribution in [1.29, 1.82) is 0 Å². The van der Waals surface area contributed by atoms with Crippen molar-refractivity contribution in [2.24, 2.45) is 5.73 Å². The third-order valence-electron chi connectivity index (χ3n) is 4.15. The van der Waals surface area contributed by atoms with Gasteiger partial charge in [0.25, 0.3) is 0 Å². The van der Waals surface area contributed by atoms with Crippen LogP contribution in [0.15, 0.2) is 30.3 Å². The zero-order valence-corrected chi connectivity index (χ0v) is 11.7. The molecule has 20 heavy (non-hydrogen) atoms. The van der Waals surface area contributed by atoms with Crippen LogP contribution in [0, 0.1) is 6.92 Å². The van der Waals surface area contributed by atoms with Gasteiger partial charge in [-0.05, 0) is 31.9 Å². The van der Waals surface area contributed by atoms with E-state index in [1.807, 2.05) is 25.1 Å². The van der Waals surface area contributed by atoms with Gasteiger partial charge < -0.3 is 10.5 Å². The van der Waals surface area contributed by atoms with Crippen LogP contribution in [0.2, 0.25) is 0 Å². The van der Waals surface area contributed by atoms with Gasteiger partial charge >= 0.3 is 0 Å². The van der Waals surface area contributed by atoms with Gasteiger partial charge in [0.15, 0.2) is 0 Å². The van der Waals surface area contributed by atoms with Crippen molar-refractivity contribution in [2.45, 2.75) is 25.2 Å². The van der Waals surface area contributed by atoms with Crippen LogP contribution in [0.3, 0.4) is 0 Å². The van der Waals surface area contributed by atoms with Gasteiger partial charge in [-0.1, -0.05) is 18.2 Å². The molecule has 0 spiro atoms. The zero-order valence-electron chi connectivity index (χ0n) is 11.7. The Labute approximate surface area is 118 Å². The number of ether oxygens (including phenoxy) is 1. The average Bonchev–Trinajstić information content (AvgIpc) is 2.91. The number of nitrogens with two attached hydrogens (primary N) is 1. The minimum Gasteiger partial charge on any atom is -0.381 e. The van der Waals surface area contributed by atoms with E-state index in [-0.39, 0.29) is 5.41 Å². The molecule has 0 aliphatic carbocycles. The summed E-state index contributed by atoms with van der Waals surface area (Å²) >= 11 is 0. The Morgan fingerprint density at radius 2 is 1.90 bits per heavy atom. The molecule has 2 N–H and O–H groups in total. The highest BCUT2D eigenvalue weighted by Gasteiger charge is 2.38. The highest BCUT2D eigenvalue weighted by molar-refractivity contribution is 5.35. The van der Waals surface area contributed by atoms with E-state index < -0.39 is 0 Å². The summed E-state index contributed by atoms with van der Waals surface area (Å²) in [7, 11) is 0. The van der Waals surface area contributed by atoms with Crippen molar-refractivity contribution in [3.63, 3.8) is 0 Å². The second-order valence-electron chi connectivity index (χ2n) is 5.34. The Morgan fingerprint density at radius 1 is 1.20 bits per heavy atom. The topological polar surface area (TPSA) is 66.0 Å².